The van der Waals surface area contributed by atoms with E-state index in [4.69, 9.17) is 4.84 Å². The topological polar surface area (TPSA) is 30.3 Å². The highest BCUT2D eigenvalue weighted by molar-refractivity contribution is 5.13. The highest BCUT2D eigenvalue weighted by atomic mass is 16.7. The lowest BCUT2D eigenvalue weighted by Crippen LogP contribution is -2.18. The molecule has 0 saturated carbocycles. The molecule has 0 unspecified atom stereocenters. The molecule has 0 radical (unpaired) electrons. The fourth-order valence-electron chi connectivity index (χ4n) is 1.78. The van der Waals surface area contributed by atoms with E-state index in [0.717, 1.165) is 5.69 Å². The van der Waals surface area contributed by atoms with E-state index in [1.165, 1.54) is 5.56 Å². The summed E-state index contributed by atoms with van der Waals surface area (Å²) in [4.78, 5) is 5.69. The molecule has 0 N–H and O–H groups in total. The normalized spacial score (nSPS) is 11.4. The Hall–Kier alpha value is -1.65. The Morgan fingerprint density at radius 1 is 1.21 bits per heavy atom. The monoisotopic (exact) mass is 259 g/mol. The molecule has 102 valence electrons. The van der Waals surface area contributed by atoms with Gasteiger partial charge >= 0.3 is 0 Å². The van der Waals surface area contributed by atoms with Crippen LogP contribution in [0, 0.1) is 0 Å². The van der Waals surface area contributed by atoms with Crippen molar-refractivity contribution in [3.8, 4) is 0 Å². The van der Waals surface area contributed by atoms with Gasteiger partial charge in [0.2, 0.25) is 0 Å². The summed E-state index contributed by atoms with van der Waals surface area (Å²) in [6.45, 7) is 5.51. The van der Waals surface area contributed by atoms with Gasteiger partial charge in [-0.25, -0.2) is 0 Å². The zero-order valence-electron chi connectivity index (χ0n) is 11.8. The summed E-state index contributed by atoms with van der Waals surface area (Å²) in [5, 5.41) is 6.32. The van der Waals surface area contributed by atoms with Crippen LogP contribution in [-0.4, -0.2) is 21.9 Å². The molecule has 2 aromatic rings. The molecular formula is C15H21N3O. The molecule has 0 atom stereocenters. The summed E-state index contributed by atoms with van der Waals surface area (Å²) in [7, 11) is 1.93. The van der Waals surface area contributed by atoms with Gasteiger partial charge in [-0.1, -0.05) is 30.3 Å². The maximum absolute atomic E-state index is 5.69. The number of hydrogen-bond acceptors (Lipinski definition) is 3. The zero-order chi connectivity index (χ0) is 13.7. The van der Waals surface area contributed by atoms with Gasteiger partial charge in [0.15, 0.2) is 0 Å². The SMILES string of the molecule is CC(C)n1ccc(CN(C)OCc2ccccc2)n1. The van der Waals surface area contributed by atoms with Crippen molar-refractivity contribution in [1.82, 2.24) is 14.8 Å². The van der Waals surface area contributed by atoms with Crippen molar-refractivity contribution in [3.05, 3.63) is 53.9 Å². The van der Waals surface area contributed by atoms with E-state index in [1.54, 1.807) is 0 Å². The van der Waals surface area contributed by atoms with Crippen LogP contribution in [0.5, 0.6) is 0 Å². The van der Waals surface area contributed by atoms with Gasteiger partial charge in [-0.05, 0) is 25.5 Å². The first-order chi connectivity index (χ1) is 9.15. The molecule has 1 aromatic carbocycles. The standard InChI is InChI=1S/C15H21N3O/c1-13(2)18-10-9-15(16-18)11-17(3)19-12-14-7-5-4-6-8-14/h4-10,13H,11-12H2,1-3H3. The van der Waals surface area contributed by atoms with Crippen molar-refractivity contribution in [2.75, 3.05) is 7.05 Å². The second kappa shape index (κ2) is 6.50. The Bertz CT molecular complexity index is 493. The molecule has 0 aliphatic carbocycles. The molecule has 0 aliphatic rings. The van der Waals surface area contributed by atoms with Crippen LogP contribution in [0.1, 0.15) is 31.1 Å². The van der Waals surface area contributed by atoms with Crippen molar-refractivity contribution in [2.24, 2.45) is 0 Å². The molecule has 0 fully saturated rings. The van der Waals surface area contributed by atoms with E-state index in [0.29, 0.717) is 19.2 Å². The predicted octanol–water partition coefficient (Wildman–Crippen LogP) is 3.03. The minimum absolute atomic E-state index is 0.393. The van der Waals surface area contributed by atoms with Crippen molar-refractivity contribution in [3.63, 3.8) is 0 Å². The van der Waals surface area contributed by atoms with Crippen LogP contribution in [-0.2, 0) is 18.0 Å². The number of rotatable bonds is 6. The average molecular weight is 259 g/mol. The largest absolute Gasteiger partial charge is 0.294 e. The maximum atomic E-state index is 5.69. The lowest BCUT2D eigenvalue weighted by molar-refractivity contribution is -0.158. The molecule has 0 spiro atoms. The van der Waals surface area contributed by atoms with Crippen LogP contribution < -0.4 is 0 Å². The third-order valence-corrected chi connectivity index (χ3v) is 2.87. The van der Waals surface area contributed by atoms with E-state index in [2.05, 4.69) is 31.1 Å². The number of aromatic nitrogens is 2. The van der Waals surface area contributed by atoms with Crippen LogP contribution >= 0.6 is 0 Å². The molecule has 4 heteroatoms. The van der Waals surface area contributed by atoms with E-state index in [1.807, 2.05) is 47.3 Å². The zero-order valence-corrected chi connectivity index (χ0v) is 11.8. The molecule has 19 heavy (non-hydrogen) atoms. The molecule has 2 rings (SSSR count). The fraction of sp³-hybridized carbons (Fsp3) is 0.400. The van der Waals surface area contributed by atoms with Crippen molar-refractivity contribution >= 4 is 0 Å². The van der Waals surface area contributed by atoms with Gasteiger partial charge in [0, 0.05) is 19.3 Å². The first-order valence-electron chi connectivity index (χ1n) is 6.57. The van der Waals surface area contributed by atoms with Gasteiger partial charge < -0.3 is 0 Å². The molecule has 0 aliphatic heterocycles. The lowest BCUT2D eigenvalue weighted by atomic mass is 10.2. The van der Waals surface area contributed by atoms with E-state index in [9.17, 15) is 0 Å². The van der Waals surface area contributed by atoms with E-state index in [-0.39, 0.29) is 0 Å². The first-order valence-corrected chi connectivity index (χ1v) is 6.57. The van der Waals surface area contributed by atoms with Gasteiger partial charge in [-0.2, -0.15) is 10.2 Å². The van der Waals surface area contributed by atoms with Crippen LogP contribution in [0.15, 0.2) is 42.6 Å². The smallest absolute Gasteiger partial charge is 0.0935 e. The highest BCUT2D eigenvalue weighted by Gasteiger charge is 2.06. The Morgan fingerprint density at radius 3 is 2.58 bits per heavy atom. The molecule has 0 saturated heterocycles. The van der Waals surface area contributed by atoms with Crippen LogP contribution in [0.2, 0.25) is 0 Å². The molecule has 1 heterocycles. The Labute approximate surface area is 114 Å². The molecule has 4 nitrogen and oxygen atoms in total. The second-order valence-corrected chi connectivity index (χ2v) is 4.93. The summed E-state index contributed by atoms with van der Waals surface area (Å²) < 4.78 is 1.96. The summed E-state index contributed by atoms with van der Waals surface area (Å²) in [6, 6.07) is 12.6. The van der Waals surface area contributed by atoms with Gasteiger partial charge in [0.25, 0.3) is 0 Å². The summed E-state index contributed by atoms with van der Waals surface area (Å²) in [5.74, 6) is 0. The minimum atomic E-state index is 0.393. The maximum Gasteiger partial charge on any atom is 0.0935 e. The Morgan fingerprint density at radius 2 is 1.95 bits per heavy atom. The first kappa shape index (κ1) is 13.8. The second-order valence-electron chi connectivity index (χ2n) is 4.93. The van der Waals surface area contributed by atoms with Crippen LogP contribution in [0.4, 0.5) is 0 Å². The summed E-state index contributed by atoms with van der Waals surface area (Å²) >= 11 is 0. The fourth-order valence-corrected chi connectivity index (χ4v) is 1.78. The number of hydrogen-bond donors (Lipinski definition) is 0. The van der Waals surface area contributed by atoms with Gasteiger partial charge in [0.1, 0.15) is 0 Å². The average Bonchev–Trinajstić information content (AvgIpc) is 2.86. The Kier molecular flexibility index (Phi) is 4.71. The number of hydroxylamine groups is 2. The van der Waals surface area contributed by atoms with Gasteiger partial charge in [0.05, 0.1) is 18.8 Å². The van der Waals surface area contributed by atoms with E-state index >= 15 is 0 Å². The third-order valence-electron chi connectivity index (χ3n) is 2.87. The molecule has 1 aromatic heterocycles. The number of benzene rings is 1. The van der Waals surface area contributed by atoms with Crippen LogP contribution in [0.3, 0.4) is 0 Å². The summed E-state index contributed by atoms with van der Waals surface area (Å²) in [6.07, 6.45) is 2.00. The van der Waals surface area contributed by atoms with Crippen molar-refractivity contribution in [2.45, 2.75) is 33.0 Å². The Balaban J connectivity index is 1.82. The highest BCUT2D eigenvalue weighted by Crippen LogP contribution is 2.08. The minimum Gasteiger partial charge on any atom is -0.294 e. The number of nitrogens with zero attached hydrogens (tertiary/aromatic N) is 3. The summed E-state index contributed by atoms with van der Waals surface area (Å²) in [5.41, 5.74) is 2.19. The van der Waals surface area contributed by atoms with Gasteiger partial charge in [-0.3, -0.25) is 9.52 Å². The quantitative estimate of drug-likeness (QED) is 0.747. The van der Waals surface area contributed by atoms with Crippen molar-refractivity contribution < 1.29 is 4.84 Å². The van der Waals surface area contributed by atoms with Crippen LogP contribution in [0.25, 0.3) is 0 Å². The predicted molar refractivity (Wildman–Crippen MR) is 75.3 cm³/mol. The van der Waals surface area contributed by atoms with Gasteiger partial charge in [-0.15, -0.1) is 0 Å². The lowest BCUT2D eigenvalue weighted by Gasteiger charge is -2.15. The molecular weight excluding hydrogens is 238 g/mol. The van der Waals surface area contributed by atoms with Crippen molar-refractivity contribution in [1.29, 1.82) is 0 Å². The molecule has 0 bridgehead atoms. The third kappa shape index (κ3) is 4.19. The van der Waals surface area contributed by atoms with E-state index < -0.39 is 0 Å². The molecule has 0 amide bonds.